The Hall–Kier alpha value is -13.1. The number of aromatic nitrogens is 10. The van der Waals surface area contributed by atoms with Gasteiger partial charge >= 0.3 is 0 Å². The van der Waals surface area contributed by atoms with Crippen LogP contribution >= 0.6 is 0 Å². The molecule has 0 amide bonds. The largest absolute Gasteiger partial charge is 0.457 e. The number of aromatic amines is 1. The van der Waals surface area contributed by atoms with Crippen molar-refractivity contribution in [2.24, 2.45) is 0 Å². The minimum absolute atomic E-state index is 0. The van der Waals surface area contributed by atoms with Crippen molar-refractivity contribution in [1.29, 1.82) is 0 Å². The molecule has 10 aromatic carbocycles. The predicted octanol–water partition coefficient (Wildman–Crippen LogP) is 30.0. The van der Waals surface area contributed by atoms with Crippen molar-refractivity contribution in [2.45, 2.75) is 180 Å². The van der Waals surface area contributed by atoms with Crippen molar-refractivity contribution in [3.05, 3.63) is 316 Å². The summed E-state index contributed by atoms with van der Waals surface area (Å²) in [4.78, 5) is 40.7. The smallest absolute Gasteiger partial charge is 0.179 e. The summed E-state index contributed by atoms with van der Waals surface area (Å²) in [6, 6.07) is 77.1. The van der Waals surface area contributed by atoms with Crippen LogP contribution in [0, 0.1) is 6.92 Å². The quantitative estimate of drug-likeness (QED) is 0.108. The van der Waals surface area contributed by atoms with Crippen LogP contribution in [-0.2, 0) is 0 Å². The number of hydrogen-bond donors (Lipinski definition) is 1. The highest BCUT2D eigenvalue weighted by molar-refractivity contribution is 6.16. The Morgan fingerprint density at radius 1 is 0.289 bits per heavy atom. The molecule has 0 radical (unpaired) electrons. The van der Waals surface area contributed by atoms with Gasteiger partial charge in [0.15, 0.2) is 5.43 Å². The van der Waals surface area contributed by atoms with Crippen molar-refractivity contribution in [2.75, 3.05) is 0 Å². The lowest BCUT2D eigenvalue weighted by atomic mass is 9.87. The predicted molar refractivity (Wildman–Crippen MR) is 512 cm³/mol. The molecule has 10 aromatic heterocycles. The number of benzene rings is 10. The number of fused-ring (bicyclic) bond motifs is 24. The molecule has 0 bridgehead atoms. The number of imidazole rings is 4. The van der Waals surface area contributed by atoms with Crippen molar-refractivity contribution in [1.82, 2.24) is 47.5 Å². The van der Waals surface area contributed by atoms with E-state index in [0.717, 1.165) is 111 Å². The molecule has 0 atom stereocenters. The Balaban J connectivity index is 0.000000148. The minimum Gasteiger partial charge on any atom is -0.457 e. The van der Waals surface area contributed by atoms with E-state index in [4.69, 9.17) is 29.7 Å². The number of nitrogens with zero attached hydrogens (tertiary/aromatic N) is 9. The molecule has 0 saturated heterocycles. The number of ether oxygens (including phenoxy) is 1. The summed E-state index contributed by atoms with van der Waals surface area (Å²) in [6.07, 6.45) is 12.0. The van der Waals surface area contributed by atoms with Gasteiger partial charge in [0.1, 0.15) is 34.1 Å². The van der Waals surface area contributed by atoms with Crippen LogP contribution in [0.15, 0.2) is 260 Å². The maximum atomic E-state index is 12.2. The lowest BCUT2D eigenvalue weighted by Crippen LogP contribution is -2.03. The molecule has 20 aromatic rings. The Morgan fingerprint density at radius 2 is 0.620 bits per heavy atom. The third-order valence-electron chi connectivity index (χ3n) is 24.4. The fourth-order valence-corrected chi connectivity index (χ4v) is 18.8. The Kier molecular flexibility index (Phi) is 22.0. The summed E-state index contributed by atoms with van der Waals surface area (Å²) in [6.45, 7) is 38.4. The first-order valence-electron chi connectivity index (χ1n) is 42.4. The number of hydrogen-bond acceptors (Lipinski definition) is 7. The van der Waals surface area contributed by atoms with Gasteiger partial charge in [0.05, 0.1) is 80.7 Å². The summed E-state index contributed by atoms with van der Waals surface area (Å²) in [5.41, 5.74) is 31.6. The van der Waals surface area contributed by atoms with Gasteiger partial charge < -0.3 is 9.72 Å². The van der Waals surface area contributed by atoms with Crippen LogP contribution in [0.4, 0.5) is 0 Å². The molecule has 12 nitrogen and oxygen atoms in total. The highest BCUT2D eigenvalue weighted by atomic mass is 16.5. The van der Waals surface area contributed by atoms with E-state index in [9.17, 15) is 4.79 Å². The molecule has 608 valence electrons. The molecule has 20 rings (SSSR count). The monoisotopic (exact) mass is 1590 g/mol. The fourth-order valence-electron chi connectivity index (χ4n) is 18.8. The maximum Gasteiger partial charge on any atom is 0.179 e. The summed E-state index contributed by atoms with van der Waals surface area (Å²) in [7, 11) is 0. The summed E-state index contributed by atoms with van der Waals surface area (Å²) in [5, 5.41) is 11.0. The van der Waals surface area contributed by atoms with Gasteiger partial charge in [0.25, 0.3) is 0 Å². The lowest BCUT2D eigenvalue weighted by Gasteiger charge is -2.20. The zero-order chi connectivity index (χ0) is 82.7. The Labute approximate surface area is 709 Å². The van der Waals surface area contributed by atoms with Gasteiger partial charge in [-0.1, -0.05) is 253 Å². The third-order valence-corrected chi connectivity index (χ3v) is 24.4. The van der Waals surface area contributed by atoms with Crippen LogP contribution in [0.3, 0.4) is 0 Å². The molecule has 12 heteroatoms. The topological polar surface area (TPSA) is 124 Å². The van der Waals surface area contributed by atoms with E-state index in [1.54, 1.807) is 12.1 Å². The van der Waals surface area contributed by atoms with E-state index in [1.807, 2.05) is 49.1 Å². The number of nitrogens with one attached hydrogen (secondary N) is 1. The van der Waals surface area contributed by atoms with Crippen LogP contribution in [-0.4, -0.2) is 47.5 Å². The molecular formula is C109H110N10O2. The average molecular weight is 1590 g/mol. The number of pyridine rings is 6. The van der Waals surface area contributed by atoms with E-state index in [0.29, 0.717) is 47.3 Å². The summed E-state index contributed by atoms with van der Waals surface area (Å²) in [5.74, 6) is 4.56. The molecule has 0 aliphatic rings. The Bertz CT molecular complexity index is 7160. The average Bonchev–Trinajstić information content (AvgIpc) is 1.64. The fraction of sp³-hybridized carbons (Fsp3) is 0.248. The number of para-hydroxylation sites is 2. The second kappa shape index (κ2) is 32.6. The van der Waals surface area contributed by atoms with Gasteiger partial charge in [-0.15, -0.1) is 0 Å². The second-order valence-corrected chi connectivity index (χ2v) is 34.8. The lowest BCUT2D eigenvalue weighted by molar-refractivity contribution is 0.484. The van der Waals surface area contributed by atoms with Crippen LogP contribution in [0.25, 0.3) is 155 Å². The first-order valence-corrected chi connectivity index (χ1v) is 42.4. The summed E-state index contributed by atoms with van der Waals surface area (Å²) >= 11 is 0. The van der Waals surface area contributed by atoms with Gasteiger partial charge in [0.2, 0.25) is 0 Å². The standard InChI is InChI=1S/C53H49N5O.C28H28N2.C26H25N3O.2CH4/c1-30(2)36-15-11-16-37(31(3)4)49(36)47-28-55-52-43-26-34(21-23-40(43)41-14-9-10-19-45(41)57(47)52)59-35-22-24-42-44(27-35)53-56-29-48(58(53)46-20-13-25-54-51(42)46)50-38(32(5)6)17-12-18-39(50)33(7)8;1-17(2)20-10-8-11-21(18(3)4)27(20)26-16-29-28-24-15-19(5)13-14-22(24)23-9-6-7-12-25(23)30(26)28;1-15(2)18-7-5-8-19(16(3)4)24(18)23-14-28-26-21-13-17(30)10-11-20(21)25-22(29(23)26)9-6-12-27-25;;/h9-33H,1-8H3;6-18H,1-5H3;5-16,27H,1-4H3;2*1H4. The van der Waals surface area contributed by atoms with Gasteiger partial charge in [-0.05, 0) is 207 Å². The number of rotatable bonds is 14. The molecule has 0 aliphatic heterocycles. The van der Waals surface area contributed by atoms with E-state index in [2.05, 4.69) is 335 Å². The molecule has 121 heavy (non-hydrogen) atoms. The minimum atomic E-state index is -0.00492. The molecule has 0 saturated carbocycles. The van der Waals surface area contributed by atoms with E-state index < -0.39 is 0 Å². The maximum absolute atomic E-state index is 12.2. The highest BCUT2D eigenvalue weighted by Gasteiger charge is 2.28. The van der Waals surface area contributed by atoms with Gasteiger partial charge in [-0.3, -0.25) is 27.4 Å². The SMILES string of the molecule is C.C.CC(C)c1cccc(C(C)C)c1-c1cnc2c3cc(=O)ccc3c3[nH]cccc3n12.CC(C)c1cccc(C(C)C)c1-c1cnc2c3cc(Oc4ccc5c(c4)c4ncc(-c6c(C(C)C)cccc6C(C)C)n4c4cccnc54)ccc3c3ccccc3n12.Cc1ccc2c3ccccc3n3c(-c4c(C(C)C)cccc4C(C)C)cnc3c2c1. The second-order valence-electron chi connectivity index (χ2n) is 34.8. The van der Waals surface area contributed by atoms with E-state index in [-0.39, 0.29) is 20.3 Å². The van der Waals surface area contributed by atoms with E-state index >= 15 is 0 Å². The normalized spacial score (nSPS) is 12.0. The molecule has 10 heterocycles. The highest BCUT2D eigenvalue weighted by Crippen LogP contribution is 2.47. The zero-order valence-corrected chi connectivity index (χ0v) is 71.2. The van der Waals surface area contributed by atoms with Crippen molar-refractivity contribution < 1.29 is 4.74 Å². The van der Waals surface area contributed by atoms with Gasteiger partial charge in [-0.2, -0.15) is 0 Å². The first kappa shape index (κ1) is 81.7. The third kappa shape index (κ3) is 13.9. The zero-order valence-electron chi connectivity index (χ0n) is 71.2. The van der Waals surface area contributed by atoms with E-state index in [1.165, 1.54) is 105 Å². The van der Waals surface area contributed by atoms with Crippen LogP contribution in [0.5, 0.6) is 11.5 Å². The van der Waals surface area contributed by atoms with Crippen LogP contribution in [0.1, 0.15) is 223 Å². The summed E-state index contributed by atoms with van der Waals surface area (Å²) < 4.78 is 16.1. The number of H-pyrrole nitrogens is 1. The first-order chi connectivity index (χ1) is 57.5. The molecular weight excluding hydrogens is 1480 g/mol. The molecule has 0 fully saturated rings. The molecule has 0 unspecified atom stereocenters. The van der Waals surface area contributed by atoms with Gasteiger partial charge in [-0.25, -0.2) is 19.9 Å². The molecule has 0 spiro atoms. The number of aryl methyl sites for hydroxylation is 1. The van der Waals surface area contributed by atoms with Crippen molar-refractivity contribution >= 4 is 110 Å². The van der Waals surface area contributed by atoms with Crippen LogP contribution in [0.2, 0.25) is 0 Å². The van der Waals surface area contributed by atoms with Crippen LogP contribution < -0.4 is 10.2 Å². The Morgan fingerprint density at radius 3 is 1.03 bits per heavy atom. The van der Waals surface area contributed by atoms with Gasteiger partial charge in [0, 0.05) is 77.7 Å². The van der Waals surface area contributed by atoms with Crippen molar-refractivity contribution in [3.63, 3.8) is 0 Å². The van der Waals surface area contributed by atoms with Crippen molar-refractivity contribution in [3.8, 4) is 56.5 Å². The molecule has 1 N–H and O–H groups in total. The molecule has 0 aliphatic carbocycles.